The Hall–Kier alpha value is -3.38. The highest BCUT2D eigenvalue weighted by Gasteiger charge is 2.16. The molecule has 0 saturated heterocycles. The Balaban J connectivity index is 1.75. The van der Waals surface area contributed by atoms with E-state index in [2.05, 4.69) is 33.5 Å². The van der Waals surface area contributed by atoms with E-state index in [1.807, 2.05) is 24.3 Å². The third-order valence-corrected chi connectivity index (χ3v) is 4.61. The van der Waals surface area contributed by atoms with Crippen LogP contribution in [-0.4, -0.2) is 28.7 Å². The average Bonchev–Trinajstić information content (AvgIpc) is 2.73. The zero-order valence-electron chi connectivity index (χ0n) is 14.9. The average molecular weight is 360 g/mol. The molecule has 6 heteroatoms. The van der Waals surface area contributed by atoms with Gasteiger partial charge in [-0.3, -0.25) is 4.98 Å². The highest BCUT2D eigenvalue weighted by Crippen LogP contribution is 2.36. The van der Waals surface area contributed by atoms with Crippen molar-refractivity contribution in [3.05, 3.63) is 71.7 Å². The minimum absolute atomic E-state index is 0.0620. The molecule has 3 aromatic rings. The fourth-order valence-corrected chi connectivity index (χ4v) is 3.22. The van der Waals surface area contributed by atoms with Gasteiger partial charge in [-0.1, -0.05) is 18.2 Å². The molecule has 0 amide bonds. The van der Waals surface area contributed by atoms with Crippen LogP contribution in [-0.2, 0) is 6.61 Å². The number of hydrogen-bond donors (Lipinski definition) is 3. The molecule has 0 spiro atoms. The van der Waals surface area contributed by atoms with E-state index in [1.165, 1.54) is 0 Å². The van der Waals surface area contributed by atoms with Gasteiger partial charge >= 0.3 is 0 Å². The third kappa shape index (κ3) is 3.22. The van der Waals surface area contributed by atoms with Crippen LogP contribution in [0.3, 0.4) is 0 Å². The predicted molar refractivity (Wildman–Crippen MR) is 106 cm³/mol. The number of hydrogen-bond acceptors (Lipinski definition) is 6. The van der Waals surface area contributed by atoms with Gasteiger partial charge in [0.1, 0.15) is 0 Å². The Bertz CT molecular complexity index is 1010. The van der Waals surface area contributed by atoms with Crippen LogP contribution in [0, 0.1) is 0 Å². The van der Waals surface area contributed by atoms with Crippen molar-refractivity contribution >= 4 is 16.9 Å². The van der Waals surface area contributed by atoms with Gasteiger partial charge in [-0.05, 0) is 35.4 Å². The summed E-state index contributed by atoms with van der Waals surface area (Å²) in [6.07, 6.45) is 5.70. The number of anilines is 2. The van der Waals surface area contributed by atoms with Gasteiger partial charge in [0.2, 0.25) is 5.88 Å². The van der Waals surface area contributed by atoms with Crippen molar-refractivity contribution in [2.24, 2.45) is 0 Å². The monoisotopic (exact) mass is 360 g/mol. The van der Waals surface area contributed by atoms with E-state index in [-0.39, 0.29) is 6.61 Å². The predicted octanol–water partition coefficient (Wildman–Crippen LogP) is 3.08. The van der Waals surface area contributed by atoms with Crippen molar-refractivity contribution in [2.75, 3.05) is 24.7 Å². The second-order valence-corrected chi connectivity index (χ2v) is 6.28. The number of benzene rings is 1. The number of rotatable bonds is 4. The molecule has 1 aliphatic rings. The van der Waals surface area contributed by atoms with E-state index in [9.17, 15) is 5.11 Å². The lowest BCUT2D eigenvalue weighted by Gasteiger charge is -2.21. The van der Waals surface area contributed by atoms with E-state index in [4.69, 9.17) is 10.5 Å². The van der Waals surface area contributed by atoms with E-state index in [1.54, 1.807) is 19.5 Å². The van der Waals surface area contributed by atoms with Crippen molar-refractivity contribution in [1.29, 1.82) is 0 Å². The zero-order chi connectivity index (χ0) is 18.8. The summed E-state index contributed by atoms with van der Waals surface area (Å²) >= 11 is 0. The maximum atomic E-state index is 9.21. The Kier molecular flexibility index (Phi) is 4.48. The number of aliphatic hydroxyl groups excluding tert-OH is 1. The largest absolute Gasteiger partial charge is 0.480 e. The number of fused-ring (bicyclic) bond motifs is 1. The molecular formula is C21H20N4O2. The lowest BCUT2D eigenvalue weighted by Crippen LogP contribution is -2.09. The standard InChI is InChI=1S/C21H20N4O2/c1-27-21-19(22)9-15(11-25-21)13-3-5-20-18(8-13)17(6-7-23-20)14-2-4-16(12-26)24-10-14/h2-6,8-11,23,26H,7,12,22H2,1H3. The number of ether oxygens (including phenoxy) is 1. The summed E-state index contributed by atoms with van der Waals surface area (Å²) in [5.74, 6) is 0.425. The van der Waals surface area contributed by atoms with Crippen molar-refractivity contribution in [3.63, 3.8) is 0 Å². The summed E-state index contributed by atoms with van der Waals surface area (Å²) < 4.78 is 5.14. The first kappa shape index (κ1) is 17.1. The van der Waals surface area contributed by atoms with Gasteiger partial charge in [0, 0.05) is 41.3 Å². The van der Waals surface area contributed by atoms with Crippen LogP contribution in [0.1, 0.15) is 16.8 Å². The molecule has 4 N–H and O–H groups in total. The van der Waals surface area contributed by atoms with Gasteiger partial charge < -0.3 is 20.9 Å². The maximum Gasteiger partial charge on any atom is 0.236 e. The minimum atomic E-state index is -0.0620. The molecule has 0 saturated carbocycles. The highest BCUT2D eigenvalue weighted by molar-refractivity contribution is 5.90. The molecule has 3 heterocycles. The molecule has 0 unspecified atom stereocenters. The number of nitrogens with two attached hydrogens (primary N) is 1. The van der Waals surface area contributed by atoms with Crippen molar-refractivity contribution in [3.8, 4) is 17.0 Å². The topological polar surface area (TPSA) is 93.3 Å². The Morgan fingerprint density at radius 2 is 1.89 bits per heavy atom. The van der Waals surface area contributed by atoms with E-state index < -0.39 is 0 Å². The van der Waals surface area contributed by atoms with E-state index >= 15 is 0 Å². The Morgan fingerprint density at radius 1 is 1.07 bits per heavy atom. The lowest BCUT2D eigenvalue weighted by atomic mass is 9.92. The number of pyridine rings is 2. The van der Waals surface area contributed by atoms with Crippen LogP contribution in [0.2, 0.25) is 0 Å². The first-order valence-electron chi connectivity index (χ1n) is 8.64. The molecule has 0 fully saturated rings. The molecule has 1 aliphatic heterocycles. The molecule has 0 aliphatic carbocycles. The van der Waals surface area contributed by atoms with Gasteiger partial charge in [0.25, 0.3) is 0 Å². The van der Waals surface area contributed by atoms with Crippen LogP contribution < -0.4 is 15.8 Å². The molecule has 136 valence electrons. The Morgan fingerprint density at radius 3 is 2.59 bits per heavy atom. The summed E-state index contributed by atoms with van der Waals surface area (Å²) in [7, 11) is 1.55. The lowest BCUT2D eigenvalue weighted by molar-refractivity contribution is 0.277. The second-order valence-electron chi connectivity index (χ2n) is 6.28. The molecule has 4 rings (SSSR count). The number of aliphatic hydroxyl groups is 1. The fourth-order valence-electron chi connectivity index (χ4n) is 3.22. The van der Waals surface area contributed by atoms with Crippen LogP contribution in [0.25, 0.3) is 16.7 Å². The van der Waals surface area contributed by atoms with Gasteiger partial charge in [-0.25, -0.2) is 4.98 Å². The van der Waals surface area contributed by atoms with Gasteiger partial charge in [0.15, 0.2) is 0 Å². The molecule has 6 nitrogen and oxygen atoms in total. The molecular weight excluding hydrogens is 340 g/mol. The molecule has 27 heavy (non-hydrogen) atoms. The molecule has 0 radical (unpaired) electrons. The van der Waals surface area contributed by atoms with Gasteiger partial charge in [0.05, 0.1) is 25.1 Å². The summed E-state index contributed by atoms with van der Waals surface area (Å²) in [6, 6.07) is 11.9. The van der Waals surface area contributed by atoms with Crippen LogP contribution >= 0.6 is 0 Å². The molecule has 1 aromatic carbocycles. The molecule has 0 bridgehead atoms. The summed E-state index contributed by atoms with van der Waals surface area (Å²) in [5, 5.41) is 12.6. The highest BCUT2D eigenvalue weighted by atomic mass is 16.5. The quantitative estimate of drug-likeness (QED) is 0.662. The minimum Gasteiger partial charge on any atom is -0.480 e. The van der Waals surface area contributed by atoms with Crippen LogP contribution in [0.4, 0.5) is 11.4 Å². The van der Waals surface area contributed by atoms with E-state index in [0.29, 0.717) is 17.3 Å². The summed E-state index contributed by atoms with van der Waals surface area (Å²) in [4.78, 5) is 8.58. The van der Waals surface area contributed by atoms with Crippen molar-refractivity contribution in [2.45, 2.75) is 6.61 Å². The number of aromatic nitrogens is 2. The van der Waals surface area contributed by atoms with Gasteiger partial charge in [-0.15, -0.1) is 0 Å². The van der Waals surface area contributed by atoms with Crippen molar-refractivity contribution in [1.82, 2.24) is 9.97 Å². The smallest absolute Gasteiger partial charge is 0.236 e. The first-order valence-corrected chi connectivity index (χ1v) is 8.64. The molecule has 2 aromatic heterocycles. The second kappa shape index (κ2) is 7.09. The number of nitrogens with zero attached hydrogens (tertiary/aromatic N) is 2. The number of nitrogens with one attached hydrogen (secondary N) is 1. The maximum absolute atomic E-state index is 9.21. The van der Waals surface area contributed by atoms with E-state index in [0.717, 1.165) is 40.1 Å². The number of nitrogen functional groups attached to an aromatic ring is 1. The normalized spacial score (nSPS) is 12.7. The SMILES string of the molecule is COc1ncc(-c2ccc3c(c2)C(c2ccc(CO)nc2)=CCN3)cc1N. The van der Waals surface area contributed by atoms with Crippen molar-refractivity contribution < 1.29 is 9.84 Å². The number of methoxy groups -OCH3 is 1. The zero-order valence-corrected chi connectivity index (χ0v) is 14.9. The Labute approximate surface area is 157 Å². The van der Waals surface area contributed by atoms with Gasteiger partial charge in [-0.2, -0.15) is 0 Å². The summed E-state index contributed by atoms with van der Waals surface area (Å²) in [6.45, 7) is 0.688. The van der Waals surface area contributed by atoms with Crippen LogP contribution in [0.5, 0.6) is 5.88 Å². The molecule has 0 atom stereocenters. The van der Waals surface area contributed by atoms with Crippen LogP contribution in [0.15, 0.2) is 54.9 Å². The summed E-state index contributed by atoms with van der Waals surface area (Å²) in [5.41, 5.74) is 13.4. The third-order valence-electron chi connectivity index (χ3n) is 4.61. The fraction of sp³-hybridized carbons (Fsp3) is 0.143. The first-order chi connectivity index (χ1) is 13.2.